The van der Waals surface area contributed by atoms with Gasteiger partial charge >= 0.3 is 0 Å². The van der Waals surface area contributed by atoms with E-state index >= 15 is 0 Å². The summed E-state index contributed by atoms with van der Waals surface area (Å²) in [4.78, 5) is 24.6. The number of hydrogen-bond donors (Lipinski definition) is 1. The molecule has 2 atom stereocenters. The standard InChI is InChI=1S/C11H18N2O3/c1-13(7-8-3-2-6-16-8)11(15)9-4-5-10(14)12-9/h8-9H,2-7H2,1H3,(H,12,14)/t8-,9+/m0/s1. The number of carbonyl (C=O) groups is 2. The van der Waals surface area contributed by atoms with E-state index in [-0.39, 0.29) is 24.0 Å². The van der Waals surface area contributed by atoms with Crippen molar-refractivity contribution in [1.82, 2.24) is 10.2 Å². The van der Waals surface area contributed by atoms with E-state index in [9.17, 15) is 9.59 Å². The molecule has 16 heavy (non-hydrogen) atoms. The van der Waals surface area contributed by atoms with E-state index in [1.54, 1.807) is 11.9 Å². The predicted molar refractivity (Wildman–Crippen MR) is 57.8 cm³/mol. The van der Waals surface area contributed by atoms with Gasteiger partial charge in [-0.05, 0) is 19.3 Å². The van der Waals surface area contributed by atoms with Gasteiger partial charge in [0.15, 0.2) is 0 Å². The molecule has 0 aliphatic carbocycles. The van der Waals surface area contributed by atoms with Gasteiger partial charge in [-0.1, -0.05) is 0 Å². The van der Waals surface area contributed by atoms with Gasteiger partial charge in [-0.15, -0.1) is 0 Å². The Kier molecular flexibility index (Phi) is 3.43. The summed E-state index contributed by atoms with van der Waals surface area (Å²) < 4.78 is 5.48. The lowest BCUT2D eigenvalue weighted by molar-refractivity contribution is -0.134. The lowest BCUT2D eigenvalue weighted by atomic mass is 10.2. The molecule has 0 spiro atoms. The summed E-state index contributed by atoms with van der Waals surface area (Å²) in [6.07, 6.45) is 3.35. The van der Waals surface area contributed by atoms with E-state index in [4.69, 9.17) is 4.74 Å². The fraction of sp³-hybridized carbons (Fsp3) is 0.818. The molecule has 2 heterocycles. The number of likely N-dealkylation sites (N-methyl/N-ethyl adjacent to an activating group) is 1. The molecule has 2 amide bonds. The number of nitrogens with one attached hydrogen (secondary N) is 1. The van der Waals surface area contributed by atoms with E-state index in [1.807, 2.05) is 0 Å². The average Bonchev–Trinajstić information content (AvgIpc) is 2.88. The monoisotopic (exact) mass is 226 g/mol. The summed E-state index contributed by atoms with van der Waals surface area (Å²) in [7, 11) is 1.77. The summed E-state index contributed by atoms with van der Waals surface area (Å²) in [5.41, 5.74) is 0. The highest BCUT2D eigenvalue weighted by Crippen LogP contribution is 2.14. The Bertz CT molecular complexity index is 287. The van der Waals surface area contributed by atoms with Crippen LogP contribution in [0.4, 0.5) is 0 Å². The van der Waals surface area contributed by atoms with Crippen LogP contribution in [0.1, 0.15) is 25.7 Å². The van der Waals surface area contributed by atoms with Crippen molar-refractivity contribution in [2.45, 2.75) is 37.8 Å². The second kappa shape index (κ2) is 4.82. The van der Waals surface area contributed by atoms with E-state index in [0.717, 1.165) is 19.4 Å². The van der Waals surface area contributed by atoms with Gasteiger partial charge in [-0.25, -0.2) is 0 Å². The third-order valence-corrected chi connectivity index (χ3v) is 3.17. The van der Waals surface area contributed by atoms with Gasteiger partial charge in [0.2, 0.25) is 11.8 Å². The first-order valence-corrected chi connectivity index (χ1v) is 5.83. The molecule has 0 aromatic heterocycles. The Balaban J connectivity index is 1.81. The van der Waals surface area contributed by atoms with Gasteiger partial charge in [0.1, 0.15) is 6.04 Å². The number of rotatable bonds is 3. The largest absolute Gasteiger partial charge is 0.376 e. The minimum atomic E-state index is -0.320. The van der Waals surface area contributed by atoms with Crippen molar-refractivity contribution in [3.05, 3.63) is 0 Å². The van der Waals surface area contributed by atoms with Gasteiger partial charge in [0.05, 0.1) is 6.10 Å². The summed E-state index contributed by atoms with van der Waals surface area (Å²) in [6, 6.07) is -0.320. The summed E-state index contributed by atoms with van der Waals surface area (Å²) in [5, 5.41) is 2.69. The van der Waals surface area contributed by atoms with Gasteiger partial charge in [0.25, 0.3) is 0 Å². The average molecular weight is 226 g/mol. The lowest BCUT2D eigenvalue weighted by Crippen LogP contribution is -2.45. The SMILES string of the molecule is CN(C[C@@H]1CCCO1)C(=O)[C@H]1CCC(=O)N1. The third kappa shape index (κ3) is 2.52. The topological polar surface area (TPSA) is 58.6 Å². The van der Waals surface area contributed by atoms with Gasteiger partial charge in [-0.2, -0.15) is 0 Å². The zero-order valence-electron chi connectivity index (χ0n) is 9.57. The number of hydrogen-bond acceptors (Lipinski definition) is 3. The van der Waals surface area contributed by atoms with Crippen LogP contribution in [0.25, 0.3) is 0 Å². The third-order valence-electron chi connectivity index (χ3n) is 3.17. The molecule has 0 aromatic carbocycles. The normalized spacial score (nSPS) is 29.2. The number of ether oxygens (including phenoxy) is 1. The predicted octanol–water partition coefficient (Wildman–Crippen LogP) is -0.0976. The molecule has 0 radical (unpaired) electrons. The molecule has 5 nitrogen and oxygen atoms in total. The molecule has 1 N–H and O–H groups in total. The first kappa shape index (κ1) is 11.4. The Morgan fingerprint density at radius 1 is 1.56 bits per heavy atom. The van der Waals surface area contributed by atoms with Crippen LogP contribution in [0.15, 0.2) is 0 Å². The molecule has 2 saturated heterocycles. The minimum Gasteiger partial charge on any atom is -0.376 e. The van der Waals surface area contributed by atoms with E-state index in [0.29, 0.717) is 19.4 Å². The molecular weight excluding hydrogens is 208 g/mol. The fourth-order valence-corrected chi connectivity index (χ4v) is 2.25. The number of amides is 2. The summed E-state index contributed by atoms with van der Waals surface area (Å²) in [5.74, 6) is -0.0229. The van der Waals surface area contributed by atoms with E-state index in [1.165, 1.54) is 0 Å². The van der Waals surface area contributed by atoms with Crippen LogP contribution in [0.3, 0.4) is 0 Å². The first-order chi connectivity index (χ1) is 7.66. The van der Waals surface area contributed by atoms with Crippen molar-refractivity contribution < 1.29 is 14.3 Å². The summed E-state index contributed by atoms with van der Waals surface area (Å²) in [6.45, 7) is 1.43. The highest BCUT2D eigenvalue weighted by Gasteiger charge is 2.30. The van der Waals surface area contributed by atoms with Crippen LogP contribution < -0.4 is 5.32 Å². The molecule has 0 unspecified atom stereocenters. The van der Waals surface area contributed by atoms with Crippen molar-refractivity contribution >= 4 is 11.8 Å². The van der Waals surface area contributed by atoms with Crippen LogP contribution in [-0.4, -0.2) is 49.1 Å². The maximum Gasteiger partial charge on any atom is 0.244 e. The van der Waals surface area contributed by atoms with Crippen LogP contribution in [0.2, 0.25) is 0 Å². The number of carbonyl (C=O) groups excluding carboxylic acids is 2. The molecule has 0 bridgehead atoms. The van der Waals surface area contributed by atoms with Gasteiger partial charge in [-0.3, -0.25) is 9.59 Å². The molecular formula is C11H18N2O3. The molecule has 2 fully saturated rings. The molecule has 5 heteroatoms. The second-order valence-corrected chi connectivity index (χ2v) is 4.51. The lowest BCUT2D eigenvalue weighted by Gasteiger charge is -2.23. The Morgan fingerprint density at radius 3 is 2.94 bits per heavy atom. The van der Waals surface area contributed by atoms with Crippen molar-refractivity contribution in [2.24, 2.45) is 0 Å². The minimum absolute atomic E-state index is 0.00125. The Morgan fingerprint density at radius 2 is 2.38 bits per heavy atom. The first-order valence-electron chi connectivity index (χ1n) is 5.83. The highest BCUT2D eigenvalue weighted by atomic mass is 16.5. The molecule has 0 saturated carbocycles. The number of nitrogens with zero attached hydrogens (tertiary/aromatic N) is 1. The molecule has 2 rings (SSSR count). The molecule has 2 aliphatic heterocycles. The smallest absolute Gasteiger partial charge is 0.244 e. The Hall–Kier alpha value is -1.10. The van der Waals surface area contributed by atoms with E-state index in [2.05, 4.69) is 5.32 Å². The zero-order chi connectivity index (χ0) is 11.5. The van der Waals surface area contributed by atoms with Crippen LogP contribution >= 0.6 is 0 Å². The maximum absolute atomic E-state index is 11.9. The molecule has 2 aliphatic rings. The van der Waals surface area contributed by atoms with Crippen molar-refractivity contribution in [3.63, 3.8) is 0 Å². The van der Waals surface area contributed by atoms with Crippen LogP contribution in [0, 0.1) is 0 Å². The van der Waals surface area contributed by atoms with Crippen LogP contribution in [-0.2, 0) is 14.3 Å². The van der Waals surface area contributed by atoms with Crippen molar-refractivity contribution in [3.8, 4) is 0 Å². The summed E-state index contributed by atoms with van der Waals surface area (Å²) >= 11 is 0. The highest BCUT2D eigenvalue weighted by molar-refractivity contribution is 5.90. The van der Waals surface area contributed by atoms with Crippen molar-refractivity contribution in [2.75, 3.05) is 20.2 Å². The Labute approximate surface area is 95.1 Å². The van der Waals surface area contributed by atoms with Crippen molar-refractivity contribution in [1.29, 1.82) is 0 Å². The molecule has 90 valence electrons. The van der Waals surface area contributed by atoms with Gasteiger partial charge < -0.3 is 15.0 Å². The fourth-order valence-electron chi connectivity index (χ4n) is 2.25. The van der Waals surface area contributed by atoms with Crippen LogP contribution in [0.5, 0.6) is 0 Å². The zero-order valence-corrected chi connectivity index (χ0v) is 9.57. The van der Waals surface area contributed by atoms with E-state index < -0.39 is 0 Å². The second-order valence-electron chi connectivity index (χ2n) is 4.51. The molecule has 0 aromatic rings. The maximum atomic E-state index is 11.9. The quantitative estimate of drug-likeness (QED) is 0.731. The van der Waals surface area contributed by atoms with Gasteiger partial charge in [0, 0.05) is 26.6 Å².